The minimum atomic E-state index is -0.950. The summed E-state index contributed by atoms with van der Waals surface area (Å²) in [6.45, 7) is 1.91. The largest absolute Gasteiger partial charge is 0.480 e. The highest BCUT2D eigenvalue weighted by atomic mass is 16.4. The number of rotatable bonds is 8. The van der Waals surface area contributed by atoms with Gasteiger partial charge in [0.25, 0.3) is 0 Å². The number of benzene rings is 1. The van der Waals surface area contributed by atoms with Crippen molar-refractivity contribution >= 4 is 11.9 Å². The number of aliphatic carboxylic acids is 1. The molecule has 22 heavy (non-hydrogen) atoms. The van der Waals surface area contributed by atoms with E-state index in [1.165, 1.54) is 36.0 Å². The summed E-state index contributed by atoms with van der Waals surface area (Å²) in [7, 11) is 0. The van der Waals surface area contributed by atoms with Crippen molar-refractivity contribution in [2.75, 3.05) is 0 Å². The van der Waals surface area contributed by atoms with Gasteiger partial charge in [-0.3, -0.25) is 4.79 Å². The molecule has 0 saturated heterocycles. The number of aryl methyl sites for hydroxylation is 3. The lowest BCUT2D eigenvalue weighted by Gasteiger charge is -2.13. The molecule has 1 aromatic carbocycles. The normalized spacial score (nSPS) is 14.4. The first-order valence-corrected chi connectivity index (χ1v) is 8.23. The van der Waals surface area contributed by atoms with E-state index in [0.29, 0.717) is 12.8 Å². The van der Waals surface area contributed by atoms with Gasteiger partial charge in [-0.05, 0) is 55.2 Å². The van der Waals surface area contributed by atoms with Crippen molar-refractivity contribution in [1.29, 1.82) is 0 Å². The molecular weight excluding hydrogens is 278 g/mol. The van der Waals surface area contributed by atoms with E-state index in [4.69, 9.17) is 5.11 Å². The van der Waals surface area contributed by atoms with Crippen LogP contribution in [0.2, 0.25) is 0 Å². The average molecular weight is 303 g/mol. The Bertz CT molecular complexity index is 539. The monoisotopic (exact) mass is 303 g/mol. The number of hydrogen-bond acceptors (Lipinski definition) is 2. The number of carboxylic acid groups (broad SMARTS) is 1. The zero-order valence-electron chi connectivity index (χ0n) is 13.2. The van der Waals surface area contributed by atoms with Crippen LogP contribution in [0.4, 0.5) is 0 Å². The van der Waals surface area contributed by atoms with E-state index in [0.717, 1.165) is 19.3 Å². The molecule has 1 aromatic rings. The van der Waals surface area contributed by atoms with Gasteiger partial charge in [0.2, 0.25) is 5.91 Å². The Hall–Kier alpha value is -1.84. The number of amides is 1. The molecule has 1 aliphatic carbocycles. The molecule has 120 valence electrons. The van der Waals surface area contributed by atoms with Crippen LogP contribution in [0.1, 0.15) is 55.7 Å². The van der Waals surface area contributed by atoms with Crippen molar-refractivity contribution in [3.8, 4) is 0 Å². The third kappa shape index (κ3) is 4.58. The van der Waals surface area contributed by atoms with Crippen molar-refractivity contribution in [2.45, 2.75) is 64.3 Å². The maximum atomic E-state index is 11.8. The molecule has 0 heterocycles. The Labute approximate surface area is 131 Å². The fourth-order valence-electron chi connectivity index (χ4n) is 3.05. The summed E-state index contributed by atoms with van der Waals surface area (Å²) in [6.07, 6.45) is 6.82. The van der Waals surface area contributed by atoms with Gasteiger partial charge < -0.3 is 10.4 Å². The first-order valence-electron chi connectivity index (χ1n) is 8.23. The minimum Gasteiger partial charge on any atom is -0.480 e. The molecule has 4 heteroatoms. The van der Waals surface area contributed by atoms with E-state index in [1.54, 1.807) is 0 Å². The highest BCUT2D eigenvalue weighted by molar-refractivity contribution is 5.83. The van der Waals surface area contributed by atoms with E-state index < -0.39 is 12.0 Å². The number of fused-ring (bicyclic) bond motifs is 1. The fourth-order valence-corrected chi connectivity index (χ4v) is 3.05. The summed E-state index contributed by atoms with van der Waals surface area (Å²) < 4.78 is 0. The summed E-state index contributed by atoms with van der Waals surface area (Å²) in [4.78, 5) is 22.8. The molecule has 1 unspecified atom stereocenters. The molecule has 0 fully saturated rings. The van der Waals surface area contributed by atoms with Gasteiger partial charge in [-0.1, -0.05) is 31.5 Å². The second kappa shape index (κ2) is 7.97. The van der Waals surface area contributed by atoms with Crippen LogP contribution >= 0.6 is 0 Å². The number of carboxylic acids is 1. The average Bonchev–Trinajstić information content (AvgIpc) is 2.94. The van der Waals surface area contributed by atoms with Crippen LogP contribution in [0.3, 0.4) is 0 Å². The van der Waals surface area contributed by atoms with E-state index in [1.807, 2.05) is 6.92 Å². The first-order chi connectivity index (χ1) is 10.6. The molecule has 0 saturated carbocycles. The third-order valence-corrected chi connectivity index (χ3v) is 4.24. The van der Waals surface area contributed by atoms with Crippen molar-refractivity contribution in [3.05, 3.63) is 34.9 Å². The second-order valence-electron chi connectivity index (χ2n) is 6.06. The lowest BCUT2D eigenvalue weighted by molar-refractivity contribution is -0.142. The van der Waals surface area contributed by atoms with Gasteiger partial charge in [-0.2, -0.15) is 0 Å². The van der Waals surface area contributed by atoms with Crippen molar-refractivity contribution in [2.24, 2.45) is 0 Å². The predicted octanol–water partition coefficient (Wildman–Crippen LogP) is 2.87. The summed E-state index contributed by atoms with van der Waals surface area (Å²) in [6, 6.07) is 5.87. The van der Waals surface area contributed by atoms with Crippen molar-refractivity contribution in [1.82, 2.24) is 5.32 Å². The maximum absolute atomic E-state index is 11.8. The molecule has 4 nitrogen and oxygen atoms in total. The van der Waals surface area contributed by atoms with E-state index in [9.17, 15) is 9.59 Å². The maximum Gasteiger partial charge on any atom is 0.326 e. The van der Waals surface area contributed by atoms with Crippen LogP contribution in [0.15, 0.2) is 18.2 Å². The van der Waals surface area contributed by atoms with Crippen molar-refractivity contribution in [3.63, 3.8) is 0 Å². The SMILES string of the molecule is CCCC(NC(=O)CCCc1ccc2c(c1)CCC2)C(=O)O. The van der Waals surface area contributed by atoms with Crippen LogP contribution in [-0.2, 0) is 28.9 Å². The molecule has 1 amide bonds. The Morgan fingerprint density at radius 3 is 2.77 bits per heavy atom. The van der Waals surface area contributed by atoms with Gasteiger partial charge in [0.15, 0.2) is 0 Å². The molecule has 2 rings (SSSR count). The van der Waals surface area contributed by atoms with Crippen molar-refractivity contribution < 1.29 is 14.7 Å². The number of hydrogen-bond donors (Lipinski definition) is 2. The summed E-state index contributed by atoms with van der Waals surface area (Å²) in [5, 5.41) is 11.6. The number of carbonyl (C=O) groups excluding carboxylic acids is 1. The summed E-state index contributed by atoms with van der Waals surface area (Å²) in [5.41, 5.74) is 4.19. The lowest BCUT2D eigenvalue weighted by Crippen LogP contribution is -2.40. The van der Waals surface area contributed by atoms with Gasteiger partial charge in [0.05, 0.1) is 0 Å². The van der Waals surface area contributed by atoms with Crippen LogP contribution < -0.4 is 5.32 Å². The van der Waals surface area contributed by atoms with Gasteiger partial charge in [0.1, 0.15) is 6.04 Å². The summed E-state index contributed by atoms with van der Waals surface area (Å²) >= 11 is 0. The van der Waals surface area contributed by atoms with Gasteiger partial charge in [-0.15, -0.1) is 0 Å². The lowest BCUT2D eigenvalue weighted by atomic mass is 10.0. The van der Waals surface area contributed by atoms with Crippen LogP contribution in [0.5, 0.6) is 0 Å². The van der Waals surface area contributed by atoms with E-state index in [-0.39, 0.29) is 5.91 Å². The smallest absolute Gasteiger partial charge is 0.326 e. The van der Waals surface area contributed by atoms with Gasteiger partial charge in [0, 0.05) is 6.42 Å². The Morgan fingerprint density at radius 1 is 1.27 bits per heavy atom. The Morgan fingerprint density at radius 2 is 2.05 bits per heavy atom. The molecule has 1 atom stereocenters. The van der Waals surface area contributed by atoms with Crippen LogP contribution in [0, 0.1) is 0 Å². The van der Waals surface area contributed by atoms with E-state index in [2.05, 4.69) is 23.5 Å². The molecule has 0 spiro atoms. The zero-order valence-corrected chi connectivity index (χ0v) is 13.2. The topological polar surface area (TPSA) is 66.4 Å². The molecule has 0 radical (unpaired) electrons. The predicted molar refractivity (Wildman–Crippen MR) is 85.9 cm³/mol. The highest BCUT2D eigenvalue weighted by Gasteiger charge is 2.18. The fraction of sp³-hybridized carbons (Fsp3) is 0.556. The third-order valence-electron chi connectivity index (χ3n) is 4.24. The Kier molecular flexibility index (Phi) is 5.99. The minimum absolute atomic E-state index is 0.165. The molecule has 0 aliphatic heterocycles. The zero-order chi connectivity index (χ0) is 15.9. The first kappa shape index (κ1) is 16.5. The molecule has 1 aliphatic rings. The van der Waals surface area contributed by atoms with Crippen LogP contribution in [0.25, 0.3) is 0 Å². The van der Waals surface area contributed by atoms with Gasteiger partial charge in [-0.25, -0.2) is 4.79 Å². The number of carbonyl (C=O) groups is 2. The van der Waals surface area contributed by atoms with Crippen LogP contribution in [-0.4, -0.2) is 23.0 Å². The molecule has 2 N–H and O–H groups in total. The molecular formula is C18H25NO3. The summed E-state index contributed by atoms with van der Waals surface area (Å²) in [5.74, 6) is -1.11. The molecule has 0 bridgehead atoms. The quantitative estimate of drug-likeness (QED) is 0.776. The standard InChI is InChI=1S/C18H25NO3/c1-2-5-16(18(21)22)19-17(20)9-3-6-13-10-11-14-7-4-8-15(14)12-13/h10-12,16H,2-9H2,1H3,(H,19,20)(H,21,22). The molecule has 0 aromatic heterocycles. The second-order valence-corrected chi connectivity index (χ2v) is 6.06. The highest BCUT2D eigenvalue weighted by Crippen LogP contribution is 2.23. The number of nitrogens with one attached hydrogen (secondary N) is 1. The Balaban J connectivity index is 1.76. The van der Waals surface area contributed by atoms with E-state index >= 15 is 0 Å². The van der Waals surface area contributed by atoms with Gasteiger partial charge >= 0.3 is 5.97 Å².